The number of benzene rings is 1. The fourth-order valence-electron chi connectivity index (χ4n) is 6.41. The molecule has 3 atom stereocenters. The number of ether oxygens (including phenoxy) is 1. The van der Waals surface area contributed by atoms with Crippen LogP contribution in [0.15, 0.2) is 30.6 Å². The number of fused-ring (bicyclic) bond motifs is 1. The van der Waals surface area contributed by atoms with Crippen LogP contribution in [0.4, 0.5) is 0 Å². The maximum Gasteiger partial charge on any atom is 0.308 e. The van der Waals surface area contributed by atoms with Crippen LogP contribution in [0.2, 0.25) is 0 Å². The van der Waals surface area contributed by atoms with Crippen molar-refractivity contribution in [1.29, 1.82) is 0 Å². The topological polar surface area (TPSA) is 87.9 Å². The number of carbonyl (C=O) groups is 2. The number of amides is 1. The highest BCUT2D eigenvalue weighted by atomic mass is 16.5. The third kappa shape index (κ3) is 8.10. The Morgan fingerprint density at radius 1 is 1.17 bits per heavy atom. The SMILES string of the molecule is CCCCN(CCCC[N+](C)(C)C)C(=O)CN1C[C@H](c2ccc3c(c2)CCO3)C(C(=O)O)[C@@H]1CCc1nccn1C. The van der Waals surface area contributed by atoms with Gasteiger partial charge in [-0.3, -0.25) is 14.5 Å². The van der Waals surface area contributed by atoms with Crippen molar-refractivity contribution in [2.75, 3.05) is 60.5 Å². The second-order valence-corrected chi connectivity index (χ2v) is 12.9. The second kappa shape index (κ2) is 13.8. The highest BCUT2D eigenvalue weighted by molar-refractivity contribution is 5.79. The Morgan fingerprint density at radius 2 is 1.95 bits per heavy atom. The minimum absolute atomic E-state index is 0.109. The van der Waals surface area contributed by atoms with Crippen molar-refractivity contribution in [3.8, 4) is 5.75 Å². The predicted octanol–water partition coefficient (Wildman–Crippen LogP) is 3.57. The largest absolute Gasteiger partial charge is 0.493 e. The van der Waals surface area contributed by atoms with Crippen LogP contribution in [0.5, 0.6) is 5.75 Å². The summed E-state index contributed by atoms with van der Waals surface area (Å²) in [6, 6.07) is 5.88. The monoisotopic (exact) mass is 568 g/mol. The summed E-state index contributed by atoms with van der Waals surface area (Å²) < 4.78 is 8.61. The molecule has 9 heteroatoms. The Hall–Kier alpha value is -2.91. The van der Waals surface area contributed by atoms with E-state index in [2.05, 4.69) is 44.0 Å². The molecule has 2 aliphatic heterocycles. The van der Waals surface area contributed by atoms with Gasteiger partial charge in [-0.05, 0) is 42.9 Å². The fourth-order valence-corrected chi connectivity index (χ4v) is 6.41. The molecule has 1 N–H and O–H groups in total. The number of aryl methyl sites for hydroxylation is 2. The van der Waals surface area contributed by atoms with Gasteiger partial charge in [0, 0.05) is 63.9 Å². The van der Waals surface area contributed by atoms with Gasteiger partial charge in [-0.25, -0.2) is 4.98 Å². The molecule has 2 aliphatic rings. The molecule has 4 rings (SSSR count). The molecule has 0 spiro atoms. The van der Waals surface area contributed by atoms with Gasteiger partial charge in [0.1, 0.15) is 11.6 Å². The third-order valence-electron chi connectivity index (χ3n) is 8.74. The molecular weight excluding hydrogens is 518 g/mol. The van der Waals surface area contributed by atoms with Crippen molar-refractivity contribution in [3.05, 3.63) is 47.5 Å². The first-order valence-corrected chi connectivity index (χ1v) is 15.3. The Balaban J connectivity index is 1.54. The number of carbonyl (C=O) groups excluding carboxylic acids is 1. The zero-order valence-electron chi connectivity index (χ0n) is 25.7. The summed E-state index contributed by atoms with van der Waals surface area (Å²) in [4.78, 5) is 35.3. The molecule has 1 aromatic heterocycles. The van der Waals surface area contributed by atoms with E-state index in [1.807, 2.05) is 34.8 Å². The molecule has 1 amide bonds. The van der Waals surface area contributed by atoms with E-state index in [0.29, 0.717) is 26.0 Å². The highest BCUT2D eigenvalue weighted by Crippen LogP contribution is 2.41. The van der Waals surface area contributed by atoms with Crippen molar-refractivity contribution in [2.45, 2.75) is 63.8 Å². The lowest BCUT2D eigenvalue weighted by Gasteiger charge is -2.30. The van der Waals surface area contributed by atoms with Crippen LogP contribution in [0.1, 0.15) is 61.9 Å². The Labute approximate surface area is 245 Å². The minimum atomic E-state index is -0.797. The van der Waals surface area contributed by atoms with Crippen molar-refractivity contribution < 1.29 is 23.9 Å². The average molecular weight is 569 g/mol. The zero-order chi connectivity index (χ0) is 29.6. The molecule has 0 bridgehead atoms. The maximum absolute atomic E-state index is 13.8. The quantitative estimate of drug-likeness (QED) is 0.261. The first kappa shape index (κ1) is 31.0. The molecule has 9 nitrogen and oxygen atoms in total. The normalized spacial score (nSPS) is 20.7. The first-order valence-electron chi connectivity index (χ1n) is 15.3. The van der Waals surface area contributed by atoms with Gasteiger partial charge in [0.25, 0.3) is 0 Å². The van der Waals surface area contributed by atoms with Crippen LogP contribution in [-0.2, 0) is 29.5 Å². The molecule has 1 aromatic carbocycles. The number of imidazole rings is 1. The van der Waals surface area contributed by atoms with E-state index in [1.165, 1.54) is 0 Å². The predicted molar refractivity (Wildman–Crippen MR) is 160 cm³/mol. The van der Waals surface area contributed by atoms with Crippen LogP contribution in [0.3, 0.4) is 0 Å². The summed E-state index contributed by atoms with van der Waals surface area (Å²) >= 11 is 0. The molecule has 0 saturated carbocycles. The van der Waals surface area contributed by atoms with E-state index >= 15 is 0 Å². The van der Waals surface area contributed by atoms with Crippen LogP contribution in [0, 0.1) is 5.92 Å². The standard InChI is InChI=1S/C32H49N5O4/c1-6-7-16-35(17-8-9-19-37(3,4)5)30(38)23-36-22-26(24-10-12-28-25(21-24)14-20-41-28)31(32(39)40)27(36)11-13-29-33-15-18-34(29)2/h10,12,15,18,21,26-27,31H,6-9,11,13-14,16-17,19-20,22-23H2,1-5H3/p+1/t26-,27+,31?/m1/s1. The van der Waals surface area contributed by atoms with Gasteiger partial charge in [0.05, 0.1) is 46.8 Å². The summed E-state index contributed by atoms with van der Waals surface area (Å²) in [6.45, 7) is 6.20. The van der Waals surface area contributed by atoms with Gasteiger partial charge < -0.3 is 23.8 Å². The summed E-state index contributed by atoms with van der Waals surface area (Å²) in [5, 5.41) is 10.5. The van der Waals surface area contributed by atoms with E-state index in [4.69, 9.17) is 4.74 Å². The van der Waals surface area contributed by atoms with Crippen molar-refractivity contribution >= 4 is 11.9 Å². The fraction of sp³-hybridized carbons (Fsp3) is 0.656. The molecule has 0 aliphatic carbocycles. The van der Waals surface area contributed by atoms with E-state index in [-0.39, 0.29) is 24.4 Å². The highest BCUT2D eigenvalue weighted by Gasteiger charge is 2.47. The number of hydrogen-bond donors (Lipinski definition) is 1. The first-order chi connectivity index (χ1) is 19.6. The molecule has 3 heterocycles. The Morgan fingerprint density at radius 3 is 2.63 bits per heavy atom. The molecular formula is C32H50N5O4+. The molecule has 1 unspecified atom stereocenters. The lowest BCUT2D eigenvalue weighted by Crippen LogP contribution is -2.45. The van der Waals surface area contributed by atoms with Gasteiger partial charge in [0.2, 0.25) is 5.91 Å². The van der Waals surface area contributed by atoms with Crippen LogP contribution in [0.25, 0.3) is 0 Å². The number of carboxylic acids is 1. The van der Waals surface area contributed by atoms with Gasteiger partial charge in [-0.1, -0.05) is 25.5 Å². The van der Waals surface area contributed by atoms with E-state index in [1.54, 1.807) is 6.20 Å². The van der Waals surface area contributed by atoms with Gasteiger partial charge in [-0.2, -0.15) is 0 Å². The average Bonchev–Trinajstić information content (AvgIpc) is 3.64. The summed E-state index contributed by atoms with van der Waals surface area (Å²) in [5.41, 5.74) is 2.17. The van der Waals surface area contributed by atoms with Crippen molar-refractivity contribution in [2.24, 2.45) is 13.0 Å². The number of hydrogen-bond acceptors (Lipinski definition) is 5. The number of rotatable bonds is 15. The van der Waals surface area contributed by atoms with Crippen molar-refractivity contribution in [3.63, 3.8) is 0 Å². The minimum Gasteiger partial charge on any atom is -0.493 e. The van der Waals surface area contributed by atoms with E-state index in [0.717, 1.165) is 78.9 Å². The molecule has 0 radical (unpaired) electrons. The number of unbranched alkanes of at least 4 members (excludes halogenated alkanes) is 2. The second-order valence-electron chi connectivity index (χ2n) is 12.9. The van der Waals surface area contributed by atoms with E-state index < -0.39 is 11.9 Å². The zero-order valence-corrected chi connectivity index (χ0v) is 25.7. The smallest absolute Gasteiger partial charge is 0.308 e. The number of nitrogens with zero attached hydrogens (tertiary/aromatic N) is 5. The van der Waals surface area contributed by atoms with Gasteiger partial charge >= 0.3 is 5.97 Å². The van der Waals surface area contributed by atoms with E-state index in [9.17, 15) is 14.7 Å². The maximum atomic E-state index is 13.8. The Bertz CT molecular complexity index is 1170. The molecule has 1 fully saturated rings. The van der Waals surface area contributed by atoms with Crippen LogP contribution in [-0.4, -0.2) is 107 Å². The number of aliphatic carboxylic acids is 1. The number of likely N-dealkylation sites (tertiary alicyclic amines) is 1. The summed E-state index contributed by atoms with van der Waals surface area (Å²) in [5.74, 6) is 0.352. The summed E-state index contributed by atoms with van der Waals surface area (Å²) in [6.07, 6.45) is 9.89. The Kier molecular flexibility index (Phi) is 10.5. The lowest BCUT2D eigenvalue weighted by atomic mass is 9.83. The number of aromatic nitrogens is 2. The molecule has 2 aromatic rings. The summed E-state index contributed by atoms with van der Waals surface area (Å²) in [7, 11) is 8.55. The molecule has 41 heavy (non-hydrogen) atoms. The van der Waals surface area contributed by atoms with Crippen LogP contribution < -0.4 is 4.74 Å². The lowest BCUT2D eigenvalue weighted by molar-refractivity contribution is -0.870. The number of carboxylic acid groups (broad SMARTS) is 1. The van der Waals surface area contributed by atoms with Gasteiger partial charge in [-0.15, -0.1) is 0 Å². The third-order valence-corrected chi connectivity index (χ3v) is 8.74. The van der Waals surface area contributed by atoms with Gasteiger partial charge in [0.15, 0.2) is 0 Å². The number of quaternary nitrogens is 1. The molecule has 1 saturated heterocycles. The van der Waals surface area contributed by atoms with Crippen LogP contribution >= 0.6 is 0 Å². The van der Waals surface area contributed by atoms with Crippen molar-refractivity contribution in [1.82, 2.24) is 19.4 Å². The molecule has 226 valence electrons.